The third kappa shape index (κ3) is 7.27. The highest BCUT2D eigenvalue weighted by Gasteiger charge is 2.35. The molecule has 0 heterocycles. The molecule has 0 aromatic heterocycles. The van der Waals surface area contributed by atoms with E-state index < -0.39 is 17.5 Å². The zero-order chi connectivity index (χ0) is 14.0. The van der Waals surface area contributed by atoms with Crippen LogP contribution in [0, 0.1) is 0 Å². The first-order valence-electron chi connectivity index (χ1n) is 6.60. The molecular weight excluding hydrogens is 236 g/mol. The number of aliphatic hydroxyl groups is 1. The van der Waals surface area contributed by atoms with Gasteiger partial charge >= 0.3 is 11.9 Å². The molecule has 0 aliphatic rings. The van der Waals surface area contributed by atoms with Crippen molar-refractivity contribution in [1.29, 1.82) is 0 Å². The molecule has 0 fully saturated rings. The zero-order valence-corrected chi connectivity index (χ0v) is 11.0. The van der Waals surface area contributed by atoms with Crippen molar-refractivity contribution in [3.05, 3.63) is 0 Å². The van der Waals surface area contributed by atoms with E-state index >= 15 is 0 Å². The van der Waals surface area contributed by atoms with Crippen molar-refractivity contribution >= 4 is 11.9 Å². The molecule has 0 aromatic rings. The monoisotopic (exact) mass is 260 g/mol. The molecule has 3 N–H and O–H groups in total. The Labute approximate surface area is 108 Å². The Bertz CT molecular complexity index is 264. The van der Waals surface area contributed by atoms with E-state index in [9.17, 15) is 14.7 Å². The number of unbranched alkanes of at least 4 members (excludes halogenated alkanes) is 5. The molecule has 0 bridgehead atoms. The van der Waals surface area contributed by atoms with Crippen LogP contribution in [0.15, 0.2) is 0 Å². The summed E-state index contributed by atoms with van der Waals surface area (Å²) in [6.07, 6.45) is 5.54. The second-order valence-electron chi connectivity index (χ2n) is 4.75. The molecule has 5 nitrogen and oxygen atoms in total. The van der Waals surface area contributed by atoms with Gasteiger partial charge in [-0.15, -0.1) is 0 Å². The van der Waals surface area contributed by atoms with E-state index in [0.717, 1.165) is 25.7 Å². The quantitative estimate of drug-likeness (QED) is 0.496. The maximum atomic E-state index is 11.0. The van der Waals surface area contributed by atoms with Crippen LogP contribution in [0.1, 0.15) is 64.7 Å². The first-order chi connectivity index (χ1) is 8.42. The lowest BCUT2D eigenvalue weighted by atomic mass is 9.91. The predicted molar refractivity (Wildman–Crippen MR) is 67.4 cm³/mol. The van der Waals surface area contributed by atoms with Crippen molar-refractivity contribution in [2.24, 2.45) is 0 Å². The summed E-state index contributed by atoms with van der Waals surface area (Å²) in [5, 5.41) is 27.3. The molecule has 0 radical (unpaired) electrons. The van der Waals surface area contributed by atoms with Crippen LogP contribution < -0.4 is 0 Å². The molecule has 0 spiro atoms. The Hall–Kier alpha value is -1.10. The number of hydrogen-bond donors (Lipinski definition) is 3. The second-order valence-corrected chi connectivity index (χ2v) is 4.75. The van der Waals surface area contributed by atoms with Crippen molar-refractivity contribution in [2.45, 2.75) is 70.3 Å². The summed E-state index contributed by atoms with van der Waals surface area (Å²) in [6.45, 7) is 2.12. The summed E-state index contributed by atoms with van der Waals surface area (Å²) in [5.74, 6) is -2.41. The van der Waals surface area contributed by atoms with Gasteiger partial charge in [-0.3, -0.25) is 4.79 Å². The summed E-state index contributed by atoms with van der Waals surface area (Å²) in [7, 11) is 0. The number of carbonyl (C=O) groups is 2. The van der Waals surface area contributed by atoms with Crippen LogP contribution in [0.25, 0.3) is 0 Å². The molecule has 0 saturated carbocycles. The van der Waals surface area contributed by atoms with E-state index in [4.69, 9.17) is 10.2 Å². The van der Waals surface area contributed by atoms with Crippen molar-refractivity contribution < 1.29 is 24.9 Å². The number of hydrogen-bond acceptors (Lipinski definition) is 3. The Morgan fingerprint density at radius 2 is 1.50 bits per heavy atom. The van der Waals surface area contributed by atoms with E-state index in [1.807, 2.05) is 0 Å². The molecule has 1 atom stereocenters. The van der Waals surface area contributed by atoms with Gasteiger partial charge in [0.15, 0.2) is 5.60 Å². The topological polar surface area (TPSA) is 94.8 Å². The first-order valence-corrected chi connectivity index (χ1v) is 6.60. The lowest BCUT2D eigenvalue weighted by molar-refractivity contribution is -0.161. The average Bonchev–Trinajstić information content (AvgIpc) is 2.31. The van der Waals surface area contributed by atoms with Gasteiger partial charge in [-0.05, 0) is 19.3 Å². The van der Waals surface area contributed by atoms with E-state index in [-0.39, 0.29) is 19.3 Å². The molecule has 18 heavy (non-hydrogen) atoms. The Morgan fingerprint density at radius 1 is 0.944 bits per heavy atom. The fourth-order valence-corrected chi connectivity index (χ4v) is 1.85. The van der Waals surface area contributed by atoms with Crippen LogP contribution in [-0.2, 0) is 9.59 Å². The summed E-state index contributed by atoms with van der Waals surface area (Å²) < 4.78 is 0. The molecule has 5 heteroatoms. The third-order valence-electron chi connectivity index (χ3n) is 3.09. The Kier molecular flexibility index (Phi) is 8.37. The summed E-state index contributed by atoms with van der Waals surface area (Å²) in [4.78, 5) is 21.4. The van der Waals surface area contributed by atoms with Gasteiger partial charge in [0.25, 0.3) is 0 Å². The van der Waals surface area contributed by atoms with Crippen LogP contribution in [0.3, 0.4) is 0 Å². The lowest BCUT2D eigenvalue weighted by Gasteiger charge is -2.22. The van der Waals surface area contributed by atoms with Gasteiger partial charge in [0.1, 0.15) is 0 Å². The second kappa shape index (κ2) is 8.91. The van der Waals surface area contributed by atoms with Gasteiger partial charge < -0.3 is 15.3 Å². The highest BCUT2D eigenvalue weighted by atomic mass is 16.4. The van der Waals surface area contributed by atoms with Crippen molar-refractivity contribution in [3.8, 4) is 0 Å². The zero-order valence-electron chi connectivity index (χ0n) is 11.0. The molecule has 0 aliphatic heterocycles. The minimum Gasteiger partial charge on any atom is -0.481 e. The smallest absolute Gasteiger partial charge is 0.335 e. The minimum atomic E-state index is -1.89. The van der Waals surface area contributed by atoms with Gasteiger partial charge in [-0.2, -0.15) is 0 Å². The average molecular weight is 260 g/mol. The van der Waals surface area contributed by atoms with Gasteiger partial charge in [-0.1, -0.05) is 39.0 Å². The van der Waals surface area contributed by atoms with E-state index in [2.05, 4.69) is 6.92 Å². The van der Waals surface area contributed by atoms with Crippen LogP contribution in [0.5, 0.6) is 0 Å². The predicted octanol–water partition coefficient (Wildman–Crippen LogP) is 2.42. The lowest BCUT2D eigenvalue weighted by Crippen LogP contribution is -2.39. The van der Waals surface area contributed by atoms with Crippen LogP contribution in [0.2, 0.25) is 0 Å². The van der Waals surface area contributed by atoms with Crippen molar-refractivity contribution in [1.82, 2.24) is 0 Å². The number of rotatable bonds is 11. The first kappa shape index (κ1) is 16.9. The molecule has 0 rings (SSSR count). The molecule has 106 valence electrons. The molecule has 0 unspecified atom stereocenters. The van der Waals surface area contributed by atoms with Crippen LogP contribution in [-0.4, -0.2) is 32.9 Å². The van der Waals surface area contributed by atoms with E-state index in [1.54, 1.807) is 0 Å². The molecular formula is C13H24O5. The summed E-state index contributed by atoms with van der Waals surface area (Å²) in [5.41, 5.74) is -1.89. The molecule has 0 aliphatic carbocycles. The summed E-state index contributed by atoms with van der Waals surface area (Å²) in [6, 6.07) is 0. The third-order valence-corrected chi connectivity index (χ3v) is 3.09. The standard InChI is InChI=1S/C13H24O5/c1-2-3-4-5-6-7-9-13(18,12(16)17)10-8-11(14)15/h18H,2-10H2,1H3,(H,14,15)(H,16,17)/t13-/m0/s1. The maximum Gasteiger partial charge on any atom is 0.335 e. The largest absolute Gasteiger partial charge is 0.481 e. The number of carboxylic acids is 2. The van der Waals surface area contributed by atoms with E-state index in [1.165, 1.54) is 6.42 Å². The normalized spacial score (nSPS) is 14.1. The maximum absolute atomic E-state index is 11.0. The number of carboxylic acid groups (broad SMARTS) is 2. The highest BCUT2D eigenvalue weighted by Crippen LogP contribution is 2.22. The van der Waals surface area contributed by atoms with Gasteiger partial charge in [0, 0.05) is 6.42 Å². The fourth-order valence-electron chi connectivity index (χ4n) is 1.85. The minimum absolute atomic E-state index is 0.127. The highest BCUT2D eigenvalue weighted by molar-refractivity contribution is 5.78. The van der Waals surface area contributed by atoms with Crippen LogP contribution in [0.4, 0.5) is 0 Å². The molecule has 0 saturated heterocycles. The SMILES string of the molecule is CCCCCCCC[C@](O)(CCC(=O)O)C(=O)O. The van der Waals surface area contributed by atoms with Crippen molar-refractivity contribution in [3.63, 3.8) is 0 Å². The van der Waals surface area contributed by atoms with Gasteiger partial charge in [-0.25, -0.2) is 4.79 Å². The Morgan fingerprint density at radius 3 is 2.00 bits per heavy atom. The Balaban J connectivity index is 3.95. The fraction of sp³-hybridized carbons (Fsp3) is 0.846. The number of aliphatic carboxylic acids is 2. The van der Waals surface area contributed by atoms with Gasteiger partial charge in [0.05, 0.1) is 0 Å². The van der Waals surface area contributed by atoms with Crippen molar-refractivity contribution in [2.75, 3.05) is 0 Å². The molecule has 0 amide bonds. The van der Waals surface area contributed by atoms with Gasteiger partial charge in [0.2, 0.25) is 0 Å². The van der Waals surface area contributed by atoms with Crippen LogP contribution >= 0.6 is 0 Å². The van der Waals surface area contributed by atoms with E-state index in [0.29, 0.717) is 6.42 Å². The molecule has 0 aromatic carbocycles. The summed E-state index contributed by atoms with van der Waals surface area (Å²) >= 11 is 0.